The molecule has 0 amide bonds. The van der Waals surface area contributed by atoms with Gasteiger partial charge in [0.15, 0.2) is 23.1 Å². The Balaban J connectivity index is 1.88. The number of aliphatic hydroxyl groups is 2. The highest BCUT2D eigenvalue weighted by molar-refractivity contribution is 5.78. The van der Waals surface area contributed by atoms with E-state index in [-0.39, 0.29) is 37.7 Å². The van der Waals surface area contributed by atoms with E-state index in [1.807, 2.05) is 13.0 Å². The number of rotatable bonds is 10. The number of aryl methyl sites for hydroxylation is 1. The fraction of sp³-hybridized carbons (Fsp3) is 0.429. The van der Waals surface area contributed by atoms with Gasteiger partial charge in [-0.1, -0.05) is 0 Å². The normalized spacial score (nSPS) is 14.4. The first-order valence-corrected chi connectivity index (χ1v) is 9.91. The van der Waals surface area contributed by atoms with Crippen LogP contribution in [0.1, 0.15) is 25.1 Å². The van der Waals surface area contributed by atoms with Crippen molar-refractivity contribution in [1.82, 2.24) is 14.5 Å². The van der Waals surface area contributed by atoms with Crippen molar-refractivity contribution in [1.29, 1.82) is 0 Å². The van der Waals surface area contributed by atoms with Gasteiger partial charge in [0.05, 0.1) is 24.4 Å². The lowest BCUT2D eigenvalue weighted by molar-refractivity contribution is 0.0262. The summed E-state index contributed by atoms with van der Waals surface area (Å²) >= 11 is 0. The number of nitrogens with zero attached hydrogens (tertiary/aromatic N) is 3. The number of fused-ring (bicyclic) bond motifs is 1. The number of benzene rings is 1. The van der Waals surface area contributed by atoms with Crippen molar-refractivity contribution in [3.63, 3.8) is 0 Å². The minimum absolute atomic E-state index is 0.0228. The number of aliphatic hydroxyl groups excluding tert-OH is 2. The summed E-state index contributed by atoms with van der Waals surface area (Å²) in [5.74, 6) is -2.28. The Kier molecular flexibility index (Phi) is 7.37. The maximum absolute atomic E-state index is 13.8. The number of hydrogen-bond donors (Lipinski definition) is 3. The second kappa shape index (κ2) is 9.99. The van der Waals surface area contributed by atoms with Gasteiger partial charge in [0.2, 0.25) is 0 Å². The molecule has 10 heteroatoms. The van der Waals surface area contributed by atoms with Crippen LogP contribution in [-0.2, 0) is 0 Å². The van der Waals surface area contributed by atoms with Gasteiger partial charge >= 0.3 is 0 Å². The molecule has 0 saturated carbocycles. The quantitative estimate of drug-likeness (QED) is 0.446. The van der Waals surface area contributed by atoms with Crippen LogP contribution in [0.2, 0.25) is 0 Å². The highest BCUT2D eigenvalue weighted by Gasteiger charge is 2.26. The summed E-state index contributed by atoms with van der Waals surface area (Å²) < 4.78 is 40.5. The van der Waals surface area contributed by atoms with Crippen molar-refractivity contribution in [3.05, 3.63) is 48.1 Å². The number of halogens is 2. The first-order valence-electron chi connectivity index (χ1n) is 9.91. The first kappa shape index (κ1) is 22.9. The zero-order valence-corrected chi connectivity index (χ0v) is 17.3. The summed E-state index contributed by atoms with van der Waals surface area (Å²) in [6, 6.07) is 3.10. The number of ether oxygens (including phenoxy) is 2. The summed E-state index contributed by atoms with van der Waals surface area (Å²) in [6.45, 7) is 3.37. The molecule has 2 unspecified atom stereocenters. The second-order valence-corrected chi connectivity index (χ2v) is 7.24. The lowest BCUT2D eigenvalue weighted by Crippen LogP contribution is -2.33. The molecule has 3 atom stereocenters. The molecule has 0 radical (unpaired) electrons. The number of hydrogen-bond acceptors (Lipinski definition) is 7. The van der Waals surface area contributed by atoms with Crippen LogP contribution < -0.4 is 15.2 Å². The molecule has 168 valence electrons. The predicted molar refractivity (Wildman–Crippen MR) is 110 cm³/mol. The van der Waals surface area contributed by atoms with Gasteiger partial charge in [-0.25, -0.2) is 18.7 Å². The van der Waals surface area contributed by atoms with E-state index in [0.717, 1.165) is 23.2 Å². The molecular formula is C21H26F2N4O4. The lowest BCUT2D eigenvalue weighted by atomic mass is 10.1. The van der Waals surface area contributed by atoms with E-state index >= 15 is 0 Å². The van der Waals surface area contributed by atoms with Gasteiger partial charge < -0.3 is 30.0 Å². The zero-order valence-electron chi connectivity index (χ0n) is 17.3. The summed E-state index contributed by atoms with van der Waals surface area (Å²) in [6.07, 6.45) is 1.54. The number of nitrogens with two attached hydrogens (primary N) is 1. The van der Waals surface area contributed by atoms with E-state index in [9.17, 15) is 19.0 Å². The molecule has 0 bridgehead atoms. The molecule has 0 aliphatic rings. The molecular weight excluding hydrogens is 410 g/mol. The standard InChI is InChI=1S/C21H26F2N4O4/c1-12-15-3-5-27(21(15)26-11-25-12)14(10-28)7-18(13(2)29)31-20-9-17(23)16(22)8-19(20)30-6-4-24/h3,5,8-9,11,13-14,18,28-29H,4,6-7,10,24H2,1-2H3/t13-,14?,18?/m0/s1. The largest absolute Gasteiger partial charge is 0.488 e. The summed E-state index contributed by atoms with van der Waals surface area (Å²) in [5.41, 5.74) is 6.86. The molecule has 0 aliphatic carbocycles. The van der Waals surface area contributed by atoms with Crippen LogP contribution in [0.3, 0.4) is 0 Å². The maximum Gasteiger partial charge on any atom is 0.164 e. The second-order valence-electron chi connectivity index (χ2n) is 7.24. The van der Waals surface area contributed by atoms with Crippen molar-refractivity contribution in [2.24, 2.45) is 5.73 Å². The van der Waals surface area contributed by atoms with Crippen LogP contribution in [0.5, 0.6) is 11.5 Å². The monoisotopic (exact) mass is 436 g/mol. The molecule has 0 saturated heterocycles. The molecule has 4 N–H and O–H groups in total. The van der Waals surface area contributed by atoms with Crippen molar-refractivity contribution in [2.75, 3.05) is 19.8 Å². The SMILES string of the molecule is Cc1ncnc2c1ccn2C(CO)CC(Oc1cc(F)c(F)cc1OCCN)[C@H](C)O. The molecule has 8 nitrogen and oxygen atoms in total. The molecule has 0 aliphatic heterocycles. The fourth-order valence-electron chi connectivity index (χ4n) is 3.33. The van der Waals surface area contributed by atoms with Gasteiger partial charge in [-0.05, 0) is 19.9 Å². The van der Waals surface area contributed by atoms with E-state index in [1.54, 1.807) is 10.8 Å². The molecule has 3 rings (SSSR count). The average molecular weight is 436 g/mol. The van der Waals surface area contributed by atoms with Gasteiger partial charge in [0.25, 0.3) is 0 Å². The van der Waals surface area contributed by atoms with E-state index in [4.69, 9.17) is 15.2 Å². The lowest BCUT2D eigenvalue weighted by Gasteiger charge is -2.27. The molecule has 0 spiro atoms. The fourth-order valence-corrected chi connectivity index (χ4v) is 3.33. The summed E-state index contributed by atoms with van der Waals surface area (Å²) in [4.78, 5) is 8.45. The Morgan fingerprint density at radius 1 is 1.19 bits per heavy atom. The highest BCUT2D eigenvalue weighted by atomic mass is 19.2. The Labute approximate surface area is 178 Å². The molecule has 2 heterocycles. The van der Waals surface area contributed by atoms with Gasteiger partial charge in [0, 0.05) is 36.7 Å². The molecule has 0 fully saturated rings. The minimum atomic E-state index is -1.11. The minimum Gasteiger partial charge on any atom is -0.488 e. The van der Waals surface area contributed by atoms with Gasteiger partial charge in [0.1, 0.15) is 24.7 Å². The van der Waals surface area contributed by atoms with Gasteiger partial charge in [-0.15, -0.1) is 0 Å². The molecule has 3 aromatic rings. The third-order valence-corrected chi connectivity index (χ3v) is 5.00. The van der Waals surface area contributed by atoms with Crippen molar-refractivity contribution < 1.29 is 28.5 Å². The summed E-state index contributed by atoms with van der Waals surface area (Å²) in [5, 5.41) is 21.2. The van der Waals surface area contributed by atoms with E-state index < -0.39 is 29.9 Å². The molecule has 1 aromatic carbocycles. The molecule has 31 heavy (non-hydrogen) atoms. The highest BCUT2D eigenvalue weighted by Crippen LogP contribution is 2.33. The van der Waals surface area contributed by atoms with Crippen LogP contribution in [0.4, 0.5) is 8.78 Å². The third kappa shape index (κ3) is 5.09. The topological polar surface area (TPSA) is 116 Å². The van der Waals surface area contributed by atoms with Crippen LogP contribution >= 0.6 is 0 Å². The van der Waals surface area contributed by atoms with Crippen molar-refractivity contribution >= 4 is 11.0 Å². The third-order valence-electron chi connectivity index (χ3n) is 5.00. The van der Waals surface area contributed by atoms with Crippen molar-refractivity contribution in [2.45, 2.75) is 38.5 Å². The van der Waals surface area contributed by atoms with Crippen LogP contribution in [0.15, 0.2) is 30.7 Å². The number of aromatic nitrogens is 3. The van der Waals surface area contributed by atoms with E-state index in [2.05, 4.69) is 9.97 Å². The van der Waals surface area contributed by atoms with Crippen LogP contribution in [-0.4, -0.2) is 56.7 Å². The first-order chi connectivity index (χ1) is 14.8. The Morgan fingerprint density at radius 2 is 1.90 bits per heavy atom. The maximum atomic E-state index is 13.8. The zero-order chi connectivity index (χ0) is 22.5. The molecule has 2 aromatic heterocycles. The predicted octanol–water partition coefficient (Wildman–Crippen LogP) is 2.11. The van der Waals surface area contributed by atoms with Crippen LogP contribution in [0.25, 0.3) is 11.0 Å². The van der Waals surface area contributed by atoms with E-state index in [1.165, 1.54) is 13.3 Å². The van der Waals surface area contributed by atoms with E-state index in [0.29, 0.717) is 5.65 Å². The smallest absolute Gasteiger partial charge is 0.164 e. The average Bonchev–Trinajstić information content (AvgIpc) is 3.17. The Hall–Kier alpha value is -2.82. The van der Waals surface area contributed by atoms with Crippen molar-refractivity contribution in [3.8, 4) is 11.5 Å². The van der Waals surface area contributed by atoms with Gasteiger partial charge in [-0.2, -0.15) is 0 Å². The van der Waals surface area contributed by atoms with Crippen LogP contribution in [0, 0.1) is 18.6 Å². The Bertz CT molecular complexity index is 1030. The van der Waals surface area contributed by atoms with Gasteiger partial charge in [-0.3, -0.25) is 0 Å². The summed E-state index contributed by atoms with van der Waals surface area (Å²) in [7, 11) is 0. The Morgan fingerprint density at radius 3 is 2.55 bits per heavy atom.